The van der Waals surface area contributed by atoms with Crippen LogP contribution in [-0.2, 0) is 20.8 Å². The molecule has 12 heteroatoms. The predicted molar refractivity (Wildman–Crippen MR) is 130 cm³/mol. The summed E-state index contributed by atoms with van der Waals surface area (Å²) < 4.78 is 24.6. The number of carbonyl (C=O) groups excluding carboxylic acids is 1. The van der Waals surface area contributed by atoms with Gasteiger partial charge in [-0.15, -0.1) is 0 Å². The molecule has 0 saturated carbocycles. The van der Waals surface area contributed by atoms with Crippen LogP contribution in [0.5, 0.6) is 11.5 Å². The van der Waals surface area contributed by atoms with Crippen LogP contribution in [-0.4, -0.2) is 52.1 Å². The van der Waals surface area contributed by atoms with Gasteiger partial charge in [0, 0.05) is 22.4 Å². The average Bonchev–Trinajstić information content (AvgIpc) is 3.41. The summed E-state index contributed by atoms with van der Waals surface area (Å²) in [6.07, 6.45) is 4.48. The predicted octanol–water partition coefficient (Wildman–Crippen LogP) is 4.19. The van der Waals surface area contributed by atoms with E-state index in [-0.39, 0.29) is 12.8 Å². The minimum absolute atomic E-state index is 0.143. The largest absolute Gasteiger partial charge is 0.466 e. The Morgan fingerprint density at radius 2 is 2.03 bits per heavy atom. The van der Waals surface area contributed by atoms with Crippen molar-refractivity contribution in [1.29, 1.82) is 0 Å². The van der Waals surface area contributed by atoms with Crippen LogP contribution in [0.3, 0.4) is 0 Å². The number of nitrogens with two attached hydrogens (primary N) is 1. The van der Waals surface area contributed by atoms with Crippen molar-refractivity contribution >= 4 is 50.6 Å². The molecule has 0 fully saturated rings. The third kappa shape index (κ3) is 5.91. The molecule has 0 bridgehead atoms. The summed E-state index contributed by atoms with van der Waals surface area (Å²) in [6.45, 7) is 4.10. The second-order valence-corrected chi connectivity index (χ2v) is 9.31. The number of nitrogen functional groups attached to an aromatic ring is 1. The van der Waals surface area contributed by atoms with Crippen molar-refractivity contribution in [2.24, 2.45) is 0 Å². The van der Waals surface area contributed by atoms with E-state index in [4.69, 9.17) is 29.7 Å². The van der Waals surface area contributed by atoms with Crippen molar-refractivity contribution in [3.8, 4) is 11.5 Å². The average molecular weight is 552 g/mol. The summed E-state index contributed by atoms with van der Waals surface area (Å²) >= 11 is 5.07. The van der Waals surface area contributed by atoms with E-state index in [1.54, 1.807) is 0 Å². The zero-order valence-corrected chi connectivity index (χ0v) is 21.2. The highest BCUT2D eigenvalue weighted by atomic mass is 79.9. The molecule has 0 aliphatic carbocycles. The highest BCUT2D eigenvalue weighted by Gasteiger charge is 2.20. The maximum atomic E-state index is 11.4. The fraction of sp³-hybridized carbons (Fsp3) is 0.455. The maximum Gasteiger partial charge on any atom is 0.305 e. The third-order valence-electron chi connectivity index (χ3n) is 5.09. The van der Waals surface area contributed by atoms with Gasteiger partial charge in [0.05, 0.1) is 19.8 Å². The summed E-state index contributed by atoms with van der Waals surface area (Å²) in [4.78, 5) is 25.5. The van der Waals surface area contributed by atoms with Gasteiger partial charge in [0.2, 0.25) is 6.79 Å². The van der Waals surface area contributed by atoms with Gasteiger partial charge in [0.1, 0.15) is 6.33 Å². The second kappa shape index (κ2) is 11.7. The fourth-order valence-corrected chi connectivity index (χ4v) is 4.94. The highest BCUT2D eigenvalue weighted by molar-refractivity contribution is 9.10. The Hall–Kier alpha value is -2.57. The maximum absolute atomic E-state index is 11.4. The molecule has 0 radical (unpaired) electrons. The van der Waals surface area contributed by atoms with E-state index in [1.807, 2.05) is 23.6 Å². The van der Waals surface area contributed by atoms with Gasteiger partial charge in [-0.3, -0.25) is 4.79 Å². The Morgan fingerprint density at radius 3 is 2.85 bits per heavy atom. The lowest BCUT2D eigenvalue weighted by atomic mass is 10.2. The number of hydrogen-bond donors (Lipinski definition) is 1. The summed E-state index contributed by atoms with van der Waals surface area (Å²) in [5.41, 5.74) is 7.27. The number of aromatic nitrogens is 4. The first-order chi connectivity index (χ1) is 16.6. The van der Waals surface area contributed by atoms with Crippen molar-refractivity contribution in [3.05, 3.63) is 22.9 Å². The Morgan fingerprint density at radius 1 is 1.21 bits per heavy atom. The molecule has 3 aromatic rings. The summed E-state index contributed by atoms with van der Waals surface area (Å²) in [6, 6.07) is 3.81. The molecular weight excluding hydrogens is 526 g/mol. The summed E-state index contributed by atoms with van der Waals surface area (Å²) in [7, 11) is 0. The highest BCUT2D eigenvalue weighted by Crippen LogP contribution is 2.43. The number of hydrogen-bond acceptors (Lipinski definition) is 10. The number of anilines is 1. The Labute approximate surface area is 209 Å². The molecule has 0 unspecified atom stereocenters. The van der Waals surface area contributed by atoms with Crippen LogP contribution in [0.2, 0.25) is 0 Å². The standard InChI is InChI=1S/C22H26BrN5O5S/c1-2-31-18(29)6-4-3-5-8-30-9-7-28-21-19(20(24)25-12-26-21)27-22(28)34-17-11-16-15(10-14(17)23)32-13-33-16/h10-12H,2-9,13H2,1H3,(H2,24,25,26). The zero-order chi connectivity index (χ0) is 23.9. The topological polar surface area (TPSA) is 124 Å². The normalized spacial score (nSPS) is 12.4. The number of halogens is 1. The Kier molecular flexibility index (Phi) is 8.46. The van der Waals surface area contributed by atoms with Gasteiger partial charge in [0.15, 0.2) is 33.6 Å². The summed E-state index contributed by atoms with van der Waals surface area (Å²) in [5, 5.41) is 0.722. The smallest absolute Gasteiger partial charge is 0.305 e. The lowest BCUT2D eigenvalue weighted by molar-refractivity contribution is -0.143. The van der Waals surface area contributed by atoms with Crippen molar-refractivity contribution in [3.63, 3.8) is 0 Å². The monoisotopic (exact) mass is 551 g/mol. The number of carbonyl (C=O) groups is 1. The molecule has 2 aromatic heterocycles. The zero-order valence-electron chi connectivity index (χ0n) is 18.8. The van der Waals surface area contributed by atoms with Gasteiger partial charge in [0.25, 0.3) is 0 Å². The SMILES string of the molecule is CCOC(=O)CCCCCOCCn1c(Sc2cc3c(cc2Br)OCO3)nc2c(N)ncnc21. The summed E-state index contributed by atoms with van der Waals surface area (Å²) in [5.74, 6) is 1.59. The molecule has 1 aliphatic heterocycles. The van der Waals surface area contributed by atoms with Crippen molar-refractivity contribution in [2.45, 2.75) is 49.2 Å². The first-order valence-electron chi connectivity index (χ1n) is 11.0. The van der Waals surface area contributed by atoms with E-state index in [1.165, 1.54) is 18.1 Å². The third-order valence-corrected chi connectivity index (χ3v) is 7.06. The lowest BCUT2D eigenvalue weighted by Gasteiger charge is -2.10. The number of nitrogens with zero attached hydrogens (tertiary/aromatic N) is 4. The van der Waals surface area contributed by atoms with Gasteiger partial charge in [-0.25, -0.2) is 15.0 Å². The lowest BCUT2D eigenvalue weighted by Crippen LogP contribution is -2.09. The van der Waals surface area contributed by atoms with Gasteiger partial charge < -0.3 is 29.2 Å². The van der Waals surface area contributed by atoms with Crippen LogP contribution in [0.1, 0.15) is 32.6 Å². The van der Waals surface area contributed by atoms with E-state index in [2.05, 4.69) is 25.9 Å². The molecule has 34 heavy (non-hydrogen) atoms. The van der Waals surface area contributed by atoms with Crippen LogP contribution in [0.15, 0.2) is 33.0 Å². The molecular formula is C22H26BrN5O5S. The molecule has 3 heterocycles. The van der Waals surface area contributed by atoms with E-state index >= 15 is 0 Å². The second-order valence-electron chi connectivity index (χ2n) is 7.44. The van der Waals surface area contributed by atoms with Gasteiger partial charge in [-0.05, 0) is 47.8 Å². The van der Waals surface area contributed by atoms with Crippen LogP contribution in [0.25, 0.3) is 11.2 Å². The molecule has 1 aliphatic rings. The molecule has 0 spiro atoms. The van der Waals surface area contributed by atoms with Crippen LogP contribution in [0.4, 0.5) is 5.82 Å². The van der Waals surface area contributed by atoms with Crippen LogP contribution >= 0.6 is 27.7 Å². The fourth-order valence-electron chi connectivity index (χ4n) is 3.43. The van der Waals surface area contributed by atoms with Crippen molar-refractivity contribution in [1.82, 2.24) is 19.5 Å². The molecule has 2 N–H and O–H groups in total. The first kappa shape index (κ1) is 24.6. The quantitative estimate of drug-likeness (QED) is 0.258. The van der Waals surface area contributed by atoms with Crippen molar-refractivity contribution in [2.75, 3.05) is 32.3 Å². The van der Waals surface area contributed by atoms with Crippen molar-refractivity contribution < 1.29 is 23.7 Å². The molecule has 10 nitrogen and oxygen atoms in total. The van der Waals surface area contributed by atoms with Gasteiger partial charge in [-0.2, -0.15) is 0 Å². The molecule has 0 amide bonds. The van der Waals surface area contributed by atoms with Gasteiger partial charge >= 0.3 is 5.97 Å². The molecule has 0 saturated heterocycles. The molecule has 0 atom stereocenters. The number of unbranched alkanes of at least 4 members (excludes halogenated alkanes) is 2. The number of benzene rings is 1. The van der Waals surface area contributed by atoms with Crippen LogP contribution in [0, 0.1) is 0 Å². The van der Waals surface area contributed by atoms with E-state index in [0.717, 1.165) is 33.8 Å². The van der Waals surface area contributed by atoms with E-state index in [0.29, 0.717) is 61.3 Å². The number of esters is 1. The first-order valence-corrected chi connectivity index (χ1v) is 12.6. The van der Waals surface area contributed by atoms with E-state index in [9.17, 15) is 4.79 Å². The molecule has 4 rings (SSSR count). The van der Waals surface area contributed by atoms with E-state index < -0.39 is 0 Å². The minimum Gasteiger partial charge on any atom is -0.466 e. The van der Waals surface area contributed by atoms with Gasteiger partial charge in [-0.1, -0.05) is 18.2 Å². The number of ether oxygens (including phenoxy) is 4. The molecule has 182 valence electrons. The van der Waals surface area contributed by atoms with Crippen LogP contribution < -0.4 is 15.2 Å². The minimum atomic E-state index is -0.143. The Bertz CT molecular complexity index is 1160. The number of rotatable bonds is 12. The number of imidazole rings is 1. The Balaban J connectivity index is 1.38. The number of fused-ring (bicyclic) bond motifs is 2. The molecule has 1 aromatic carbocycles.